The van der Waals surface area contributed by atoms with Crippen LogP contribution < -0.4 is 0 Å². The van der Waals surface area contributed by atoms with Crippen LogP contribution in [0.2, 0.25) is 0 Å². The van der Waals surface area contributed by atoms with Crippen LogP contribution in [0, 0.1) is 13.8 Å². The minimum atomic E-state index is -0.927. The lowest BCUT2D eigenvalue weighted by molar-refractivity contribution is -0.151. The number of aryl methyl sites for hydroxylation is 2. The van der Waals surface area contributed by atoms with Gasteiger partial charge in [-0.15, -0.1) is 0 Å². The van der Waals surface area contributed by atoms with Crippen molar-refractivity contribution in [3.8, 4) is 0 Å². The average Bonchev–Trinajstić information content (AvgIpc) is 2.48. The van der Waals surface area contributed by atoms with Crippen molar-refractivity contribution in [3.05, 3.63) is 70.8 Å². The summed E-state index contributed by atoms with van der Waals surface area (Å²) in [5, 5.41) is 9.31. The maximum Gasteiger partial charge on any atom is 0.333 e. The van der Waals surface area contributed by atoms with E-state index in [0.717, 1.165) is 11.1 Å². The lowest BCUT2D eigenvalue weighted by Crippen LogP contribution is -2.26. The van der Waals surface area contributed by atoms with Gasteiger partial charge in [0.2, 0.25) is 0 Å². The highest BCUT2D eigenvalue weighted by molar-refractivity contribution is 5.72. The number of rotatable bonds is 6. The van der Waals surface area contributed by atoms with Gasteiger partial charge < -0.3 is 9.84 Å². The second-order valence-corrected chi connectivity index (χ2v) is 5.25. The van der Waals surface area contributed by atoms with Gasteiger partial charge in [-0.3, -0.25) is 0 Å². The Bertz CT molecular complexity index is 605. The van der Waals surface area contributed by atoms with Gasteiger partial charge >= 0.3 is 5.97 Å². The molecule has 1 atom stereocenters. The molecule has 0 heterocycles. The molecular formula is C18H20O3. The third-order valence-electron chi connectivity index (χ3n) is 3.56. The zero-order valence-electron chi connectivity index (χ0n) is 12.4. The number of ether oxygens (including phenoxy) is 1. The molecule has 0 bridgehead atoms. The summed E-state index contributed by atoms with van der Waals surface area (Å²) in [6, 6.07) is 15.6. The van der Waals surface area contributed by atoms with E-state index in [9.17, 15) is 9.90 Å². The standard InChI is InChI=1S/C18H20O3/c1-13-8-9-16(10-14(13)2)11-17(18(19)20)21-12-15-6-4-3-5-7-15/h3-10,17H,11-12H2,1-2H3,(H,19,20). The molecular weight excluding hydrogens is 264 g/mol. The Hall–Kier alpha value is -2.13. The minimum absolute atomic E-state index is 0.308. The van der Waals surface area contributed by atoms with Gasteiger partial charge in [-0.2, -0.15) is 0 Å². The molecule has 2 aromatic carbocycles. The molecule has 0 radical (unpaired) electrons. The van der Waals surface area contributed by atoms with Crippen molar-refractivity contribution < 1.29 is 14.6 Å². The highest BCUT2D eigenvalue weighted by Gasteiger charge is 2.19. The average molecular weight is 284 g/mol. The van der Waals surface area contributed by atoms with Crippen LogP contribution in [-0.4, -0.2) is 17.2 Å². The smallest absolute Gasteiger partial charge is 0.333 e. The van der Waals surface area contributed by atoms with E-state index in [1.165, 1.54) is 11.1 Å². The lowest BCUT2D eigenvalue weighted by atomic mass is 10.0. The molecule has 110 valence electrons. The Morgan fingerprint density at radius 1 is 1.05 bits per heavy atom. The first kappa shape index (κ1) is 15.3. The highest BCUT2D eigenvalue weighted by atomic mass is 16.5. The molecule has 0 spiro atoms. The van der Waals surface area contributed by atoms with Gasteiger partial charge in [-0.1, -0.05) is 48.5 Å². The summed E-state index contributed by atoms with van der Waals surface area (Å²) in [6.07, 6.45) is -0.448. The van der Waals surface area contributed by atoms with E-state index in [2.05, 4.69) is 0 Å². The Kier molecular flexibility index (Phi) is 5.12. The van der Waals surface area contributed by atoms with Gasteiger partial charge in [0, 0.05) is 6.42 Å². The summed E-state index contributed by atoms with van der Waals surface area (Å²) in [5.74, 6) is -0.927. The monoisotopic (exact) mass is 284 g/mol. The Balaban J connectivity index is 2.02. The molecule has 0 aliphatic rings. The van der Waals surface area contributed by atoms with Crippen molar-refractivity contribution in [2.75, 3.05) is 0 Å². The molecule has 1 N–H and O–H groups in total. The first-order chi connectivity index (χ1) is 10.1. The van der Waals surface area contributed by atoms with E-state index in [4.69, 9.17) is 4.74 Å². The number of carboxylic acid groups (broad SMARTS) is 1. The first-order valence-corrected chi connectivity index (χ1v) is 7.00. The molecule has 0 saturated heterocycles. The van der Waals surface area contributed by atoms with E-state index >= 15 is 0 Å². The summed E-state index contributed by atoms with van der Waals surface area (Å²) in [6.45, 7) is 4.38. The number of carboxylic acids is 1. The van der Waals surface area contributed by atoms with Crippen LogP contribution in [0.4, 0.5) is 0 Å². The molecule has 21 heavy (non-hydrogen) atoms. The zero-order valence-corrected chi connectivity index (χ0v) is 12.4. The minimum Gasteiger partial charge on any atom is -0.479 e. The number of hydrogen-bond donors (Lipinski definition) is 1. The van der Waals surface area contributed by atoms with E-state index in [0.29, 0.717) is 13.0 Å². The maximum atomic E-state index is 11.4. The summed E-state index contributed by atoms with van der Waals surface area (Å²) in [7, 11) is 0. The normalized spacial score (nSPS) is 12.1. The molecule has 3 nitrogen and oxygen atoms in total. The lowest BCUT2D eigenvalue weighted by Gasteiger charge is -2.14. The molecule has 2 rings (SSSR count). The fourth-order valence-electron chi connectivity index (χ4n) is 2.13. The molecule has 0 aliphatic carbocycles. The Morgan fingerprint density at radius 2 is 1.76 bits per heavy atom. The van der Waals surface area contributed by atoms with Gasteiger partial charge in [0.05, 0.1) is 6.61 Å². The second-order valence-electron chi connectivity index (χ2n) is 5.25. The van der Waals surface area contributed by atoms with Crippen LogP contribution in [0.5, 0.6) is 0 Å². The van der Waals surface area contributed by atoms with Gasteiger partial charge in [-0.05, 0) is 36.1 Å². The fourth-order valence-corrected chi connectivity index (χ4v) is 2.13. The number of benzene rings is 2. The van der Waals surface area contributed by atoms with Crippen LogP contribution in [0.3, 0.4) is 0 Å². The van der Waals surface area contributed by atoms with Gasteiger partial charge in [0.25, 0.3) is 0 Å². The fraction of sp³-hybridized carbons (Fsp3) is 0.278. The van der Waals surface area contributed by atoms with Crippen molar-refractivity contribution in [1.29, 1.82) is 0 Å². The molecule has 0 saturated carbocycles. The second kappa shape index (κ2) is 7.04. The molecule has 2 aromatic rings. The van der Waals surface area contributed by atoms with Gasteiger partial charge in [0.1, 0.15) is 0 Å². The number of hydrogen-bond acceptors (Lipinski definition) is 2. The van der Waals surface area contributed by atoms with Crippen molar-refractivity contribution in [1.82, 2.24) is 0 Å². The summed E-state index contributed by atoms with van der Waals surface area (Å²) >= 11 is 0. The third kappa shape index (κ3) is 4.43. The quantitative estimate of drug-likeness (QED) is 0.883. The maximum absolute atomic E-state index is 11.4. The number of aliphatic carboxylic acids is 1. The van der Waals surface area contributed by atoms with Crippen LogP contribution >= 0.6 is 0 Å². The van der Waals surface area contributed by atoms with Crippen molar-refractivity contribution in [2.24, 2.45) is 0 Å². The predicted octanol–water partition coefficient (Wildman–Crippen LogP) is 3.52. The van der Waals surface area contributed by atoms with Crippen LogP contribution in [0.25, 0.3) is 0 Å². The van der Waals surface area contributed by atoms with Crippen LogP contribution in [0.15, 0.2) is 48.5 Å². The Labute approximate surface area is 125 Å². The van der Waals surface area contributed by atoms with Gasteiger partial charge in [-0.25, -0.2) is 4.79 Å². The summed E-state index contributed by atoms with van der Waals surface area (Å²) in [4.78, 5) is 11.4. The first-order valence-electron chi connectivity index (χ1n) is 7.00. The van der Waals surface area contributed by atoms with Crippen molar-refractivity contribution in [2.45, 2.75) is 33.0 Å². The van der Waals surface area contributed by atoms with E-state index in [1.807, 2.05) is 62.4 Å². The van der Waals surface area contributed by atoms with Crippen LogP contribution in [-0.2, 0) is 22.6 Å². The number of carbonyl (C=O) groups is 1. The van der Waals surface area contributed by atoms with Crippen LogP contribution in [0.1, 0.15) is 22.3 Å². The summed E-state index contributed by atoms with van der Waals surface area (Å²) < 4.78 is 5.56. The van der Waals surface area contributed by atoms with E-state index in [-0.39, 0.29) is 0 Å². The van der Waals surface area contributed by atoms with E-state index in [1.54, 1.807) is 0 Å². The third-order valence-corrected chi connectivity index (χ3v) is 3.56. The molecule has 3 heteroatoms. The molecule has 0 fully saturated rings. The van der Waals surface area contributed by atoms with Crippen molar-refractivity contribution >= 4 is 5.97 Å². The Morgan fingerprint density at radius 3 is 2.38 bits per heavy atom. The summed E-state index contributed by atoms with van der Waals surface area (Å²) in [5.41, 5.74) is 4.33. The largest absolute Gasteiger partial charge is 0.479 e. The van der Waals surface area contributed by atoms with Gasteiger partial charge in [0.15, 0.2) is 6.10 Å². The molecule has 0 amide bonds. The molecule has 0 aliphatic heterocycles. The SMILES string of the molecule is Cc1ccc(CC(OCc2ccccc2)C(=O)O)cc1C. The molecule has 0 aromatic heterocycles. The highest BCUT2D eigenvalue weighted by Crippen LogP contribution is 2.14. The zero-order chi connectivity index (χ0) is 15.2. The van der Waals surface area contributed by atoms with E-state index < -0.39 is 12.1 Å². The topological polar surface area (TPSA) is 46.5 Å². The van der Waals surface area contributed by atoms with Crippen molar-refractivity contribution in [3.63, 3.8) is 0 Å². The predicted molar refractivity (Wildman–Crippen MR) is 82.3 cm³/mol. The molecule has 1 unspecified atom stereocenters.